The molecule has 1 heterocycles. The van der Waals surface area contributed by atoms with Gasteiger partial charge in [0.05, 0.1) is 18.6 Å². The summed E-state index contributed by atoms with van der Waals surface area (Å²) in [4.78, 5) is 25.4. The maximum atomic E-state index is 12.8. The van der Waals surface area contributed by atoms with Gasteiger partial charge in [-0.2, -0.15) is 0 Å². The Kier molecular flexibility index (Phi) is 9.01. The van der Waals surface area contributed by atoms with Gasteiger partial charge < -0.3 is 14.8 Å². The number of ether oxygens (including phenoxy) is 2. The Morgan fingerprint density at radius 2 is 1.88 bits per heavy atom. The van der Waals surface area contributed by atoms with Gasteiger partial charge in [0, 0.05) is 21.9 Å². The summed E-state index contributed by atoms with van der Waals surface area (Å²) in [6.07, 6.45) is 0.221. The lowest BCUT2D eigenvalue weighted by Crippen LogP contribution is -2.41. The van der Waals surface area contributed by atoms with Gasteiger partial charge in [0.2, 0.25) is 0 Å². The van der Waals surface area contributed by atoms with Crippen molar-refractivity contribution in [2.75, 3.05) is 20.0 Å². The molecule has 0 aliphatic heterocycles. The van der Waals surface area contributed by atoms with E-state index >= 15 is 0 Å². The van der Waals surface area contributed by atoms with Gasteiger partial charge in [-0.25, -0.2) is 5.48 Å². The van der Waals surface area contributed by atoms with Crippen molar-refractivity contribution in [2.45, 2.75) is 25.3 Å². The zero-order valence-electron chi connectivity index (χ0n) is 17.5. The van der Waals surface area contributed by atoms with Crippen LogP contribution in [0.1, 0.15) is 35.2 Å². The monoisotopic (exact) mass is 476 g/mol. The minimum absolute atomic E-state index is 0.0715. The van der Waals surface area contributed by atoms with Gasteiger partial charge in [-0.1, -0.05) is 29.8 Å². The van der Waals surface area contributed by atoms with E-state index in [1.807, 2.05) is 36.6 Å². The normalized spacial score (nSPS) is 13.0. The van der Waals surface area contributed by atoms with Crippen LogP contribution >= 0.6 is 22.9 Å². The highest BCUT2D eigenvalue weighted by Gasteiger charge is 2.28. The zero-order chi connectivity index (χ0) is 22.9. The van der Waals surface area contributed by atoms with Crippen LogP contribution in [0.25, 0.3) is 10.1 Å². The average molecular weight is 477 g/mol. The number of fused-ring (bicyclic) bond motifs is 1. The number of nitrogens with one attached hydrogen (secondary N) is 2. The Morgan fingerprint density at radius 1 is 1.12 bits per heavy atom. The zero-order valence-corrected chi connectivity index (χ0v) is 19.1. The van der Waals surface area contributed by atoms with Crippen LogP contribution < -0.4 is 10.8 Å². The number of hydroxylamine groups is 1. The van der Waals surface area contributed by atoms with Crippen LogP contribution in [0.4, 0.5) is 0 Å². The third-order valence-corrected chi connectivity index (χ3v) is 6.20. The Hall–Kier alpha value is -2.49. The van der Waals surface area contributed by atoms with Crippen LogP contribution in [0.2, 0.25) is 5.02 Å². The highest BCUT2D eigenvalue weighted by Crippen LogP contribution is 2.34. The van der Waals surface area contributed by atoms with Crippen molar-refractivity contribution >= 4 is 44.8 Å². The number of halogens is 1. The molecule has 0 saturated carbocycles. The fraction of sp³-hybridized carbons (Fsp3) is 0.304. The van der Waals surface area contributed by atoms with Gasteiger partial charge in [0.25, 0.3) is 11.8 Å². The summed E-state index contributed by atoms with van der Waals surface area (Å²) in [5.74, 6) is -1.56. The summed E-state index contributed by atoms with van der Waals surface area (Å²) < 4.78 is 11.8. The summed E-state index contributed by atoms with van der Waals surface area (Å²) in [5.41, 5.74) is 2.99. The first-order chi connectivity index (χ1) is 15.5. The number of carbonyl (C=O) groups is 2. The first-order valence-corrected chi connectivity index (χ1v) is 11.4. The number of thiophene rings is 1. The number of amides is 2. The van der Waals surface area contributed by atoms with Gasteiger partial charge in [0.15, 0.2) is 0 Å². The first kappa shape index (κ1) is 24.2. The molecule has 0 aliphatic rings. The maximum absolute atomic E-state index is 12.8. The SMILES string of the molecule is CCOCOCC(CC(C(=O)NO)c1csc2ccccc12)NC(=O)c1ccc(Cl)cc1. The topological polar surface area (TPSA) is 96.9 Å². The molecule has 2 atom stereocenters. The first-order valence-electron chi connectivity index (χ1n) is 10.2. The molecule has 0 fully saturated rings. The molecule has 32 heavy (non-hydrogen) atoms. The molecule has 7 nitrogen and oxygen atoms in total. The van der Waals surface area contributed by atoms with Crippen LogP contribution in [0.5, 0.6) is 0 Å². The van der Waals surface area contributed by atoms with Crippen molar-refractivity contribution in [3.8, 4) is 0 Å². The highest BCUT2D eigenvalue weighted by molar-refractivity contribution is 7.17. The second-order valence-electron chi connectivity index (χ2n) is 7.11. The molecule has 0 aliphatic carbocycles. The van der Waals surface area contributed by atoms with Crippen LogP contribution in [0.3, 0.4) is 0 Å². The predicted octanol–water partition coefficient (Wildman–Crippen LogP) is 4.34. The van der Waals surface area contributed by atoms with E-state index in [1.54, 1.807) is 29.7 Å². The maximum Gasteiger partial charge on any atom is 0.251 e. The van der Waals surface area contributed by atoms with Crippen LogP contribution in [-0.2, 0) is 14.3 Å². The van der Waals surface area contributed by atoms with E-state index < -0.39 is 17.9 Å². The smallest absolute Gasteiger partial charge is 0.251 e. The van der Waals surface area contributed by atoms with Gasteiger partial charge in [-0.05, 0) is 60.0 Å². The molecule has 2 aromatic carbocycles. The van der Waals surface area contributed by atoms with Crippen molar-refractivity contribution in [2.24, 2.45) is 0 Å². The van der Waals surface area contributed by atoms with Gasteiger partial charge in [-0.15, -0.1) is 11.3 Å². The number of carbonyl (C=O) groups excluding carboxylic acids is 2. The van der Waals surface area contributed by atoms with E-state index in [1.165, 1.54) is 11.3 Å². The molecule has 9 heteroatoms. The summed E-state index contributed by atoms with van der Waals surface area (Å²) in [5, 5.41) is 15.7. The lowest BCUT2D eigenvalue weighted by molar-refractivity contribution is -0.131. The second kappa shape index (κ2) is 11.9. The Morgan fingerprint density at radius 3 is 2.59 bits per heavy atom. The summed E-state index contributed by atoms with van der Waals surface area (Å²) >= 11 is 7.43. The second-order valence-corrected chi connectivity index (χ2v) is 8.46. The molecule has 0 radical (unpaired) electrons. The van der Waals surface area contributed by atoms with Gasteiger partial charge in [-0.3, -0.25) is 14.8 Å². The number of rotatable bonds is 11. The molecule has 170 valence electrons. The molecule has 0 bridgehead atoms. The van der Waals surface area contributed by atoms with Crippen molar-refractivity contribution in [1.82, 2.24) is 10.8 Å². The Balaban J connectivity index is 1.82. The van der Waals surface area contributed by atoms with Gasteiger partial charge in [0.1, 0.15) is 6.79 Å². The standard InChI is InChI=1S/C23H25ClN2O5S/c1-2-30-14-31-12-17(25-22(27)15-7-9-16(24)10-8-15)11-19(23(28)26-29)20-13-32-21-6-4-3-5-18(20)21/h3-10,13,17,19,29H,2,11-12,14H2,1H3,(H,25,27)(H,26,28). The molecule has 0 spiro atoms. The predicted molar refractivity (Wildman–Crippen MR) is 124 cm³/mol. The molecule has 0 saturated heterocycles. The van der Waals surface area contributed by atoms with Crippen molar-refractivity contribution in [3.63, 3.8) is 0 Å². The molecular weight excluding hydrogens is 452 g/mol. The molecule has 3 N–H and O–H groups in total. The third kappa shape index (κ3) is 6.27. The average Bonchev–Trinajstić information content (AvgIpc) is 3.23. The third-order valence-electron chi connectivity index (χ3n) is 4.96. The minimum Gasteiger partial charge on any atom is -0.356 e. The lowest BCUT2D eigenvalue weighted by Gasteiger charge is -2.23. The molecule has 3 aromatic rings. The fourth-order valence-corrected chi connectivity index (χ4v) is 4.52. The van der Waals surface area contributed by atoms with E-state index in [0.29, 0.717) is 17.2 Å². The quantitative estimate of drug-likeness (QED) is 0.165. The molecule has 3 rings (SSSR count). The molecule has 2 amide bonds. The van der Waals surface area contributed by atoms with E-state index in [2.05, 4.69) is 5.32 Å². The Labute approximate surface area is 195 Å². The van der Waals surface area contributed by atoms with Crippen molar-refractivity contribution in [1.29, 1.82) is 0 Å². The van der Waals surface area contributed by atoms with Gasteiger partial charge >= 0.3 is 0 Å². The van der Waals surface area contributed by atoms with Crippen molar-refractivity contribution in [3.05, 3.63) is 70.1 Å². The number of benzene rings is 2. The molecule has 1 aromatic heterocycles. The van der Waals surface area contributed by atoms with Crippen LogP contribution in [0, 0.1) is 0 Å². The van der Waals surface area contributed by atoms with Crippen LogP contribution in [-0.4, -0.2) is 43.1 Å². The summed E-state index contributed by atoms with van der Waals surface area (Å²) in [6.45, 7) is 2.56. The molecular formula is C23H25ClN2O5S. The van der Waals surface area contributed by atoms with E-state index in [-0.39, 0.29) is 25.7 Å². The molecule has 2 unspecified atom stereocenters. The van der Waals surface area contributed by atoms with E-state index in [0.717, 1.165) is 15.6 Å². The number of hydrogen-bond acceptors (Lipinski definition) is 6. The lowest BCUT2D eigenvalue weighted by atomic mass is 9.91. The number of hydrogen-bond donors (Lipinski definition) is 3. The summed E-state index contributed by atoms with van der Waals surface area (Å²) in [6, 6.07) is 13.7. The largest absolute Gasteiger partial charge is 0.356 e. The highest BCUT2D eigenvalue weighted by atomic mass is 35.5. The van der Waals surface area contributed by atoms with Crippen molar-refractivity contribution < 1.29 is 24.3 Å². The van der Waals surface area contributed by atoms with E-state index in [4.69, 9.17) is 21.1 Å². The fourth-order valence-electron chi connectivity index (χ4n) is 3.38. The van der Waals surface area contributed by atoms with Crippen LogP contribution in [0.15, 0.2) is 53.9 Å². The minimum atomic E-state index is -0.692. The van der Waals surface area contributed by atoms with E-state index in [9.17, 15) is 14.8 Å². The summed E-state index contributed by atoms with van der Waals surface area (Å²) in [7, 11) is 0. The Bertz CT molecular complexity index is 1040.